The van der Waals surface area contributed by atoms with Crippen molar-refractivity contribution in [1.29, 1.82) is 0 Å². The van der Waals surface area contributed by atoms with Crippen LogP contribution < -0.4 is 10.1 Å². The zero-order chi connectivity index (χ0) is 17.1. The molecule has 2 aromatic rings. The molecule has 0 radical (unpaired) electrons. The molecule has 2 aromatic carbocycles. The first-order valence-electron chi connectivity index (χ1n) is 9.11. The van der Waals surface area contributed by atoms with Crippen LogP contribution in [0.2, 0.25) is 0 Å². The number of benzene rings is 2. The number of ether oxygens (including phenoxy) is 1. The maximum absolute atomic E-state index is 13.3. The summed E-state index contributed by atoms with van der Waals surface area (Å²) in [6.07, 6.45) is 2.81. The molecule has 0 spiro atoms. The van der Waals surface area contributed by atoms with Crippen molar-refractivity contribution in [3.8, 4) is 5.75 Å². The van der Waals surface area contributed by atoms with E-state index in [1.165, 1.54) is 6.42 Å². The Morgan fingerprint density at radius 2 is 1.64 bits per heavy atom. The molecule has 4 nitrogen and oxygen atoms in total. The van der Waals surface area contributed by atoms with Crippen molar-refractivity contribution in [2.24, 2.45) is 0 Å². The Labute approximate surface area is 148 Å². The molecule has 0 aliphatic carbocycles. The van der Waals surface area contributed by atoms with Gasteiger partial charge in [0, 0.05) is 30.7 Å². The topological polar surface area (TPSA) is 41.6 Å². The summed E-state index contributed by atoms with van der Waals surface area (Å²) in [5.41, 5.74) is 0.902. The number of para-hydroxylation sites is 1. The van der Waals surface area contributed by atoms with Gasteiger partial charge in [-0.1, -0.05) is 48.5 Å². The van der Waals surface area contributed by atoms with Gasteiger partial charge in [0.05, 0.1) is 0 Å². The van der Waals surface area contributed by atoms with Gasteiger partial charge in [-0.3, -0.25) is 4.79 Å². The van der Waals surface area contributed by atoms with Crippen molar-refractivity contribution < 1.29 is 9.53 Å². The number of carbonyl (C=O) groups is 1. The summed E-state index contributed by atoms with van der Waals surface area (Å²) in [5.74, 6) is 0.781. The van der Waals surface area contributed by atoms with E-state index in [1.54, 1.807) is 0 Å². The fourth-order valence-corrected chi connectivity index (χ4v) is 3.83. The van der Waals surface area contributed by atoms with Gasteiger partial charge in [0.15, 0.2) is 0 Å². The summed E-state index contributed by atoms with van der Waals surface area (Å²) >= 11 is 0. The van der Waals surface area contributed by atoms with Gasteiger partial charge in [-0.15, -0.1) is 0 Å². The van der Waals surface area contributed by atoms with Crippen molar-refractivity contribution in [3.63, 3.8) is 0 Å². The molecule has 3 unspecified atom stereocenters. The molecule has 2 fully saturated rings. The Hall–Kier alpha value is -2.33. The second kappa shape index (κ2) is 7.28. The number of hydrogen-bond donors (Lipinski definition) is 1. The average molecular weight is 336 g/mol. The lowest BCUT2D eigenvalue weighted by Crippen LogP contribution is -2.42. The molecule has 2 heterocycles. The number of fused-ring (bicyclic) bond motifs is 2. The van der Waals surface area contributed by atoms with E-state index in [9.17, 15) is 4.79 Å². The highest BCUT2D eigenvalue weighted by Gasteiger charge is 2.34. The minimum Gasteiger partial charge on any atom is -0.476 e. The van der Waals surface area contributed by atoms with Crippen LogP contribution in [0.4, 0.5) is 0 Å². The third-order valence-electron chi connectivity index (χ3n) is 5.16. The number of rotatable bonds is 4. The van der Waals surface area contributed by atoms with E-state index in [4.69, 9.17) is 4.74 Å². The first-order valence-corrected chi connectivity index (χ1v) is 9.11. The number of likely N-dealkylation sites (tertiary alicyclic amines) is 1. The molecular formula is C21H24N2O2. The second-order valence-electron chi connectivity index (χ2n) is 6.93. The monoisotopic (exact) mass is 336 g/mol. The molecule has 4 heteroatoms. The van der Waals surface area contributed by atoms with Crippen LogP contribution in [0, 0.1) is 0 Å². The third-order valence-corrected chi connectivity index (χ3v) is 5.16. The van der Waals surface area contributed by atoms with Crippen LogP contribution in [-0.2, 0) is 4.79 Å². The van der Waals surface area contributed by atoms with Crippen molar-refractivity contribution >= 4 is 5.91 Å². The summed E-state index contributed by atoms with van der Waals surface area (Å²) in [4.78, 5) is 15.3. The number of carbonyl (C=O) groups excluding carboxylic acids is 1. The van der Waals surface area contributed by atoms with E-state index in [2.05, 4.69) is 5.32 Å². The molecule has 3 atom stereocenters. The molecule has 130 valence electrons. The highest BCUT2D eigenvalue weighted by molar-refractivity contribution is 5.83. The fourth-order valence-electron chi connectivity index (χ4n) is 3.83. The van der Waals surface area contributed by atoms with Gasteiger partial charge in [-0.05, 0) is 31.4 Å². The molecule has 2 bridgehead atoms. The van der Waals surface area contributed by atoms with Crippen molar-refractivity contribution in [2.45, 2.75) is 37.5 Å². The molecule has 0 aromatic heterocycles. The summed E-state index contributed by atoms with van der Waals surface area (Å²) in [7, 11) is 0. The summed E-state index contributed by atoms with van der Waals surface area (Å²) in [5, 5.41) is 3.63. The number of amides is 1. The van der Waals surface area contributed by atoms with Crippen molar-refractivity contribution in [1.82, 2.24) is 10.2 Å². The fraction of sp³-hybridized carbons (Fsp3) is 0.381. The second-order valence-corrected chi connectivity index (χ2v) is 6.93. The van der Waals surface area contributed by atoms with Crippen LogP contribution in [-0.4, -0.2) is 36.0 Å². The first-order chi connectivity index (χ1) is 12.3. The van der Waals surface area contributed by atoms with Crippen LogP contribution >= 0.6 is 0 Å². The lowest BCUT2D eigenvalue weighted by atomic mass is 10.1. The molecule has 2 aliphatic rings. The lowest BCUT2D eigenvalue weighted by Gasteiger charge is -2.29. The van der Waals surface area contributed by atoms with Crippen molar-refractivity contribution in [3.05, 3.63) is 66.2 Å². The van der Waals surface area contributed by atoms with Crippen molar-refractivity contribution in [2.75, 3.05) is 13.1 Å². The molecule has 25 heavy (non-hydrogen) atoms. The van der Waals surface area contributed by atoms with Crippen LogP contribution in [0.25, 0.3) is 0 Å². The Balaban J connectivity index is 1.57. The molecule has 2 aliphatic heterocycles. The molecule has 0 saturated carbocycles. The van der Waals surface area contributed by atoms with Gasteiger partial charge in [0.2, 0.25) is 6.10 Å². The van der Waals surface area contributed by atoms with E-state index in [0.29, 0.717) is 12.1 Å². The van der Waals surface area contributed by atoms with Crippen LogP contribution in [0.1, 0.15) is 30.9 Å². The van der Waals surface area contributed by atoms with Gasteiger partial charge in [0.25, 0.3) is 5.91 Å². The quantitative estimate of drug-likeness (QED) is 0.932. The Morgan fingerprint density at radius 1 is 0.960 bits per heavy atom. The van der Waals surface area contributed by atoms with E-state index in [1.807, 2.05) is 65.6 Å². The largest absolute Gasteiger partial charge is 0.476 e. The van der Waals surface area contributed by atoms with E-state index in [-0.39, 0.29) is 5.91 Å². The highest BCUT2D eigenvalue weighted by atomic mass is 16.5. The van der Waals surface area contributed by atoms with Gasteiger partial charge in [0.1, 0.15) is 5.75 Å². The molecule has 1 N–H and O–H groups in total. The third kappa shape index (κ3) is 3.69. The molecule has 2 saturated heterocycles. The predicted octanol–water partition coefficient (Wildman–Crippen LogP) is 3.16. The zero-order valence-electron chi connectivity index (χ0n) is 14.3. The molecule has 4 rings (SSSR count). The summed E-state index contributed by atoms with van der Waals surface area (Å²) in [6.45, 7) is 1.57. The lowest BCUT2D eigenvalue weighted by molar-refractivity contribution is -0.139. The smallest absolute Gasteiger partial charge is 0.268 e. The van der Waals surface area contributed by atoms with E-state index >= 15 is 0 Å². The maximum atomic E-state index is 13.3. The van der Waals surface area contributed by atoms with Gasteiger partial charge in [-0.2, -0.15) is 0 Å². The number of nitrogens with zero attached hydrogens (tertiary/aromatic N) is 1. The Bertz CT molecular complexity index is 704. The Morgan fingerprint density at radius 3 is 2.40 bits per heavy atom. The maximum Gasteiger partial charge on any atom is 0.268 e. The number of hydrogen-bond acceptors (Lipinski definition) is 3. The van der Waals surface area contributed by atoms with E-state index in [0.717, 1.165) is 37.2 Å². The normalized spacial score (nSPS) is 23.8. The zero-order valence-corrected chi connectivity index (χ0v) is 14.3. The average Bonchev–Trinajstić information content (AvgIpc) is 2.99. The highest BCUT2D eigenvalue weighted by Crippen LogP contribution is 2.27. The SMILES string of the molecule is O=C(C(Oc1ccccc1)c1ccccc1)N1CCC2CCC(C1)N2. The minimum atomic E-state index is -0.597. The summed E-state index contributed by atoms with van der Waals surface area (Å²) in [6, 6.07) is 20.4. The van der Waals surface area contributed by atoms with E-state index < -0.39 is 6.10 Å². The summed E-state index contributed by atoms with van der Waals surface area (Å²) < 4.78 is 6.12. The predicted molar refractivity (Wildman–Crippen MR) is 97.4 cm³/mol. The van der Waals surface area contributed by atoms with Crippen LogP contribution in [0.3, 0.4) is 0 Å². The minimum absolute atomic E-state index is 0.0596. The Kier molecular flexibility index (Phi) is 4.70. The standard InChI is InChI=1S/C21H24N2O2/c24-21(23-14-13-17-11-12-18(15-23)22-17)20(16-7-3-1-4-8-16)25-19-9-5-2-6-10-19/h1-10,17-18,20,22H,11-15H2. The number of nitrogens with one attached hydrogen (secondary N) is 1. The molecular weight excluding hydrogens is 312 g/mol. The van der Waals surface area contributed by atoms with Crippen LogP contribution in [0.15, 0.2) is 60.7 Å². The van der Waals surface area contributed by atoms with Crippen LogP contribution in [0.5, 0.6) is 5.75 Å². The molecule has 1 amide bonds. The first kappa shape index (κ1) is 16.2. The van der Waals surface area contributed by atoms with Gasteiger partial charge < -0.3 is 15.0 Å². The van der Waals surface area contributed by atoms with Gasteiger partial charge >= 0.3 is 0 Å². The van der Waals surface area contributed by atoms with Gasteiger partial charge in [-0.25, -0.2) is 0 Å².